The van der Waals surface area contributed by atoms with Crippen molar-refractivity contribution in [2.45, 2.75) is 25.8 Å². The van der Waals surface area contributed by atoms with E-state index in [1.165, 1.54) is 6.42 Å². The summed E-state index contributed by atoms with van der Waals surface area (Å²) in [6.07, 6.45) is 6.88. The summed E-state index contributed by atoms with van der Waals surface area (Å²) in [6, 6.07) is 14.6. The van der Waals surface area contributed by atoms with Gasteiger partial charge < -0.3 is 9.47 Å². The van der Waals surface area contributed by atoms with Crippen molar-refractivity contribution in [2.24, 2.45) is 0 Å². The van der Waals surface area contributed by atoms with Crippen molar-refractivity contribution in [3.05, 3.63) is 70.2 Å². The number of aromatic nitrogens is 1. The Bertz CT molecular complexity index is 1290. The van der Waals surface area contributed by atoms with Gasteiger partial charge in [-0.2, -0.15) is 0 Å². The first kappa shape index (κ1) is 21.8. The number of carbonyl (C=O) groups excluding carboxylic acids is 3. The maximum absolute atomic E-state index is 13.1. The molecule has 5 rings (SSSR count). The van der Waals surface area contributed by atoms with E-state index in [9.17, 15) is 14.4 Å². The maximum atomic E-state index is 13.1. The number of fused-ring (bicyclic) bond motifs is 1. The summed E-state index contributed by atoms with van der Waals surface area (Å²) >= 11 is 7.11. The fourth-order valence-electron chi connectivity index (χ4n) is 4.36. The Morgan fingerprint density at radius 1 is 1.00 bits per heavy atom. The summed E-state index contributed by atoms with van der Waals surface area (Å²) in [6.45, 7) is 1.86. The minimum absolute atomic E-state index is 0.0982. The second-order valence-electron chi connectivity index (χ2n) is 8.14. The first-order valence-electron chi connectivity index (χ1n) is 10.9. The van der Waals surface area contributed by atoms with Crippen LogP contribution < -0.4 is 4.90 Å². The van der Waals surface area contributed by atoms with Crippen molar-refractivity contribution in [3.63, 3.8) is 0 Å². The number of nitrogens with zero attached hydrogens (tertiary/aromatic N) is 3. The minimum atomic E-state index is -0.403. The van der Waals surface area contributed by atoms with Crippen LogP contribution in [-0.2, 0) is 16.1 Å². The number of likely N-dealkylation sites (tertiary alicyclic amines) is 1. The van der Waals surface area contributed by atoms with E-state index in [-0.39, 0.29) is 17.7 Å². The summed E-state index contributed by atoms with van der Waals surface area (Å²) in [7, 11) is 0. The SMILES string of the molecule is O=C(Cn1cc(/C=C2\SC(=O)N(c3ccccc3Cl)C2=O)c2ccccc21)N1CCCCC1. The molecule has 0 radical (unpaired) electrons. The monoisotopic (exact) mass is 479 g/mol. The van der Waals surface area contributed by atoms with Crippen molar-refractivity contribution in [1.29, 1.82) is 0 Å². The Morgan fingerprint density at radius 3 is 2.52 bits per heavy atom. The predicted molar refractivity (Wildman–Crippen MR) is 132 cm³/mol. The second kappa shape index (κ2) is 9.08. The molecule has 0 saturated carbocycles. The fourth-order valence-corrected chi connectivity index (χ4v) is 5.41. The number of halogens is 1. The van der Waals surface area contributed by atoms with E-state index in [4.69, 9.17) is 11.6 Å². The molecule has 2 aliphatic heterocycles. The van der Waals surface area contributed by atoms with Crippen molar-refractivity contribution in [1.82, 2.24) is 9.47 Å². The Morgan fingerprint density at radius 2 is 1.73 bits per heavy atom. The average molecular weight is 480 g/mol. The summed E-state index contributed by atoms with van der Waals surface area (Å²) < 4.78 is 1.93. The number of imide groups is 1. The predicted octanol–water partition coefficient (Wildman–Crippen LogP) is 5.55. The molecule has 0 N–H and O–H groups in total. The molecule has 8 heteroatoms. The molecule has 3 amide bonds. The van der Waals surface area contributed by atoms with E-state index in [1.807, 2.05) is 39.9 Å². The fraction of sp³-hybridized carbons (Fsp3) is 0.240. The molecule has 0 bridgehead atoms. The third-order valence-electron chi connectivity index (χ3n) is 6.01. The Hall–Kier alpha value is -3.03. The van der Waals surface area contributed by atoms with Gasteiger partial charge in [0.1, 0.15) is 6.54 Å². The molecule has 0 unspecified atom stereocenters. The number of para-hydroxylation sites is 2. The van der Waals surface area contributed by atoms with Gasteiger partial charge in [-0.1, -0.05) is 41.9 Å². The smallest absolute Gasteiger partial charge is 0.298 e. The van der Waals surface area contributed by atoms with Crippen LogP contribution in [0.2, 0.25) is 5.02 Å². The van der Waals surface area contributed by atoms with Gasteiger partial charge in [0.2, 0.25) is 5.91 Å². The second-order valence-corrected chi connectivity index (χ2v) is 9.54. The lowest BCUT2D eigenvalue weighted by Crippen LogP contribution is -2.37. The number of amides is 3. The summed E-state index contributed by atoms with van der Waals surface area (Å²) in [5, 5.41) is 0.880. The zero-order chi connectivity index (χ0) is 22.9. The summed E-state index contributed by atoms with van der Waals surface area (Å²) in [5.41, 5.74) is 2.08. The van der Waals surface area contributed by atoms with Crippen molar-refractivity contribution in [3.8, 4) is 0 Å². The topological polar surface area (TPSA) is 62.6 Å². The number of benzene rings is 2. The molecule has 2 fully saturated rings. The van der Waals surface area contributed by atoms with Crippen molar-refractivity contribution >= 4 is 63.1 Å². The van der Waals surface area contributed by atoms with Crippen molar-refractivity contribution in [2.75, 3.05) is 18.0 Å². The number of piperidine rings is 1. The highest BCUT2D eigenvalue weighted by Gasteiger charge is 2.37. The number of hydrogen-bond donors (Lipinski definition) is 0. The Kier molecular flexibility index (Phi) is 6.00. The van der Waals surface area contributed by atoms with Crippen molar-refractivity contribution < 1.29 is 14.4 Å². The number of anilines is 1. The van der Waals surface area contributed by atoms with Gasteiger partial charge in [-0.25, -0.2) is 4.90 Å². The van der Waals surface area contributed by atoms with Crippen LogP contribution >= 0.6 is 23.4 Å². The molecular formula is C25H22ClN3O3S. The zero-order valence-corrected chi connectivity index (χ0v) is 19.4. The molecule has 2 aromatic carbocycles. The van der Waals surface area contributed by atoms with Gasteiger partial charge in [0.05, 0.1) is 15.6 Å². The number of rotatable bonds is 4. The van der Waals surface area contributed by atoms with Gasteiger partial charge >= 0.3 is 0 Å². The normalized spacial score (nSPS) is 18.0. The van der Waals surface area contributed by atoms with Gasteiger partial charge in [-0.05, 0) is 55.3 Å². The first-order valence-corrected chi connectivity index (χ1v) is 12.1. The standard InChI is InChI=1S/C25H22ClN3O3S/c26-19-9-3-5-11-21(19)29-24(31)22(33-25(29)32)14-17-15-28(20-10-4-2-8-18(17)20)16-23(30)27-12-6-1-7-13-27/h2-5,8-11,14-15H,1,6-7,12-13,16H2/b22-14-. The largest absolute Gasteiger partial charge is 0.341 e. The lowest BCUT2D eigenvalue weighted by molar-refractivity contribution is -0.132. The molecule has 0 atom stereocenters. The van der Waals surface area contributed by atoms with E-state index in [0.29, 0.717) is 15.6 Å². The lowest BCUT2D eigenvalue weighted by Gasteiger charge is -2.27. The Labute approximate surface area is 200 Å². The molecule has 2 saturated heterocycles. The average Bonchev–Trinajstić information content (AvgIpc) is 3.31. The van der Waals surface area contributed by atoms with Crippen LogP contribution in [0, 0.1) is 0 Å². The molecule has 168 valence electrons. The minimum Gasteiger partial charge on any atom is -0.341 e. The molecule has 0 aliphatic carbocycles. The molecule has 6 nitrogen and oxygen atoms in total. The molecule has 0 spiro atoms. The van der Waals surface area contributed by atoms with Crippen LogP contribution in [0.3, 0.4) is 0 Å². The summed E-state index contributed by atoms with van der Waals surface area (Å²) in [4.78, 5) is 41.9. The molecule has 3 heterocycles. The van der Waals surface area contributed by atoms with Crippen LogP contribution in [-0.4, -0.2) is 39.6 Å². The van der Waals surface area contributed by atoms with Gasteiger partial charge in [-0.15, -0.1) is 0 Å². The van der Waals surface area contributed by atoms with E-state index in [1.54, 1.807) is 30.3 Å². The van der Waals surface area contributed by atoms with Gasteiger partial charge in [0.15, 0.2) is 0 Å². The molecule has 3 aromatic rings. The zero-order valence-electron chi connectivity index (χ0n) is 17.9. The van der Waals surface area contributed by atoms with Crippen LogP contribution in [0.15, 0.2) is 59.6 Å². The van der Waals surface area contributed by atoms with E-state index in [0.717, 1.165) is 59.1 Å². The van der Waals surface area contributed by atoms with Gasteiger partial charge in [-0.3, -0.25) is 14.4 Å². The van der Waals surface area contributed by atoms with E-state index < -0.39 is 5.91 Å². The number of thioether (sulfide) groups is 1. The van der Waals surface area contributed by atoms with E-state index in [2.05, 4.69) is 0 Å². The third kappa shape index (κ3) is 4.18. The van der Waals surface area contributed by atoms with Gasteiger partial charge in [0, 0.05) is 35.8 Å². The molecule has 1 aromatic heterocycles. The molecule has 33 heavy (non-hydrogen) atoms. The maximum Gasteiger partial charge on any atom is 0.298 e. The lowest BCUT2D eigenvalue weighted by atomic mass is 10.1. The first-order chi connectivity index (χ1) is 16.0. The third-order valence-corrected chi connectivity index (χ3v) is 7.20. The number of hydrogen-bond acceptors (Lipinski definition) is 4. The van der Waals surface area contributed by atoms with E-state index >= 15 is 0 Å². The van der Waals surface area contributed by atoms with Crippen LogP contribution in [0.1, 0.15) is 24.8 Å². The highest BCUT2D eigenvalue weighted by atomic mass is 35.5. The summed E-state index contributed by atoms with van der Waals surface area (Å²) in [5.74, 6) is -0.305. The highest BCUT2D eigenvalue weighted by Crippen LogP contribution is 2.39. The Balaban J connectivity index is 1.47. The molecule has 2 aliphatic rings. The highest BCUT2D eigenvalue weighted by molar-refractivity contribution is 8.19. The van der Waals surface area contributed by atoms with Crippen LogP contribution in [0.25, 0.3) is 17.0 Å². The van der Waals surface area contributed by atoms with Crippen LogP contribution in [0.5, 0.6) is 0 Å². The molecular weight excluding hydrogens is 458 g/mol. The number of carbonyl (C=O) groups is 3. The van der Waals surface area contributed by atoms with Crippen LogP contribution in [0.4, 0.5) is 10.5 Å². The quantitative estimate of drug-likeness (QED) is 0.460. The van der Waals surface area contributed by atoms with Gasteiger partial charge in [0.25, 0.3) is 11.1 Å².